The molecule has 14 nitrogen and oxygen atoms in total. The summed E-state index contributed by atoms with van der Waals surface area (Å²) in [5, 5.41) is 16.1. The van der Waals surface area contributed by atoms with Crippen molar-refractivity contribution in [3.8, 4) is 5.75 Å². The van der Waals surface area contributed by atoms with Crippen LogP contribution in [0.25, 0.3) is 11.2 Å². The number of nitrogens with two attached hydrogens (primary N) is 1. The van der Waals surface area contributed by atoms with E-state index in [1.807, 2.05) is 0 Å². The maximum Gasteiger partial charge on any atom is 0.459 e. The molecule has 5 N–H and O–H groups in total. The highest BCUT2D eigenvalue weighted by Gasteiger charge is 2.59. The average molecular weight is 600 g/mol. The summed E-state index contributed by atoms with van der Waals surface area (Å²) in [4.78, 5) is 24.6. The van der Waals surface area contributed by atoms with Crippen LogP contribution < -0.4 is 20.7 Å². The number of nitrogen functional groups attached to an aromatic ring is 1. The molecule has 1 aliphatic rings. The Bertz CT molecular complexity index is 1420. The quantitative estimate of drug-likeness (QED) is 0.176. The monoisotopic (exact) mass is 599 g/mol. The van der Waals surface area contributed by atoms with E-state index in [9.17, 15) is 18.9 Å². The number of hydrogen-bond donors (Lipinski definition) is 4. The Morgan fingerprint density at radius 1 is 1.29 bits per heavy atom. The van der Waals surface area contributed by atoms with Crippen LogP contribution in [-0.4, -0.2) is 80.9 Å². The molecule has 1 saturated heterocycles. The lowest BCUT2D eigenvalue weighted by Crippen LogP contribution is -2.45. The van der Waals surface area contributed by atoms with Crippen LogP contribution in [0.15, 0.2) is 36.7 Å². The number of carbonyl (C=O) groups is 1. The zero-order chi connectivity index (χ0) is 29.9. The number of aliphatic hydroxyl groups excluding tert-OH is 1. The number of fused-ring (bicyclic) bond motifs is 1. The maximum absolute atomic E-state index is 16.0. The van der Waals surface area contributed by atoms with Gasteiger partial charge in [-0.3, -0.25) is 13.9 Å². The second-order valence-electron chi connectivity index (χ2n) is 9.57. The number of nitrogens with one attached hydrogen (secondary N) is 2. The molecule has 1 aromatic carbocycles. The molecule has 41 heavy (non-hydrogen) atoms. The van der Waals surface area contributed by atoms with Crippen molar-refractivity contribution in [1.82, 2.24) is 24.6 Å². The maximum atomic E-state index is 16.0. The van der Waals surface area contributed by atoms with E-state index in [1.54, 1.807) is 39.1 Å². The number of hydrogen-bond acceptors (Lipinski definition) is 12. The van der Waals surface area contributed by atoms with Crippen LogP contribution in [-0.2, 0) is 23.4 Å². The summed E-state index contributed by atoms with van der Waals surface area (Å²) in [5.41, 5.74) is 3.01. The summed E-state index contributed by atoms with van der Waals surface area (Å²) in [5.74, 6) is -0.525. The Morgan fingerprint density at radius 2 is 2.00 bits per heavy atom. The van der Waals surface area contributed by atoms with Crippen LogP contribution in [0.3, 0.4) is 0 Å². The predicted octanol–water partition coefficient (Wildman–Crippen LogP) is 2.52. The molecule has 224 valence electrons. The molecule has 0 bridgehead atoms. The Hall–Kier alpha value is -3.43. The van der Waals surface area contributed by atoms with Gasteiger partial charge in [0.05, 0.1) is 19.0 Å². The molecule has 0 unspecified atom stereocenters. The third-order valence-electron chi connectivity index (χ3n) is 6.13. The molecule has 3 heterocycles. The standard InChI is InChI=1S/C24H32F2N7O7P/c1-13(2)38-21(35)14(3)32-41(36,40-15-8-6-5-7-9-15)37-10-16-18(34)24(26,11-25)22(39-16)33-12-29-17-19(28-4)30-23(27)31-20(17)33/h5-9,12-14,16,18,22,34H,10-11H2,1-4H3,(H,32,36)(H3,27,28,30,31)/t14-,16+,18+,22+,24+,41+/m0/s1. The number of ether oxygens (including phenoxy) is 2. The van der Waals surface area contributed by atoms with E-state index in [4.69, 9.17) is 24.3 Å². The first-order chi connectivity index (χ1) is 19.4. The van der Waals surface area contributed by atoms with E-state index in [-0.39, 0.29) is 28.7 Å². The lowest BCUT2D eigenvalue weighted by Gasteiger charge is -2.26. The lowest BCUT2D eigenvalue weighted by atomic mass is 9.97. The zero-order valence-corrected chi connectivity index (χ0v) is 23.6. The number of anilines is 2. The molecule has 0 amide bonds. The van der Waals surface area contributed by atoms with Crippen molar-refractivity contribution in [2.24, 2.45) is 0 Å². The number of carbonyl (C=O) groups excluding carboxylic acids is 1. The van der Waals surface area contributed by atoms with Crippen molar-refractivity contribution in [2.75, 3.05) is 31.4 Å². The molecule has 4 rings (SSSR count). The van der Waals surface area contributed by atoms with Gasteiger partial charge in [0, 0.05) is 7.05 Å². The Morgan fingerprint density at radius 3 is 2.63 bits per heavy atom. The van der Waals surface area contributed by atoms with Gasteiger partial charge in [-0.1, -0.05) is 18.2 Å². The number of aromatic nitrogens is 4. The van der Waals surface area contributed by atoms with Gasteiger partial charge in [0.25, 0.3) is 0 Å². The number of alkyl halides is 2. The topological polar surface area (TPSA) is 185 Å². The molecule has 0 radical (unpaired) electrons. The number of imidazole rings is 1. The van der Waals surface area contributed by atoms with E-state index in [0.717, 1.165) is 10.9 Å². The van der Waals surface area contributed by atoms with Gasteiger partial charge in [-0.05, 0) is 32.9 Å². The van der Waals surface area contributed by atoms with Crippen LogP contribution in [0, 0.1) is 0 Å². The summed E-state index contributed by atoms with van der Waals surface area (Å²) in [6, 6.07) is 6.79. The minimum absolute atomic E-state index is 0.0216. The van der Waals surface area contributed by atoms with Gasteiger partial charge in [-0.15, -0.1) is 0 Å². The van der Waals surface area contributed by atoms with Crippen LogP contribution in [0.5, 0.6) is 5.75 Å². The number of para-hydroxylation sites is 1. The molecular weight excluding hydrogens is 567 g/mol. The molecule has 2 aromatic heterocycles. The number of benzene rings is 1. The molecule has 1 aliphatic heterocycles. The van der Waals surface area contributed by atoms with Gasteiger partial charge in [0.15, 0.2) is 23.2 Å². The molecule has 0 aliphatic carbocycles. The van der Waals surface area contributed by atoms with Crippen molar-refractivity contribution in [3.05, 3.63) is 36.7 Å². The predicted molar refractivity (Wildman–Crippen MR) is 143 cm³/mol. The molecule has 0 spiro atoms. The Kier molecular flexibility index (Phi) is 9.09. The van der Waals surface area contributed by atoms with Crippen molar-refractivity contribution >= 4 is 36.6 Å². The smallest absolute Gasteiger partial charge is 0.459 e. The normalized spacial score (nSPS) is 24.7. The van der Waals surface area contributed by atoms with E-state index in [2.05, 4.69) is 25.4 Å². The zero-order valence-electron chi connectivity index (χ0n) is 22.7. The number of aliphatic hydroxyl groups is 1. The van der Waals surface area contributed by atoms with E-state index < -0.39 is 63.2 Å². The van der Waals surface area contributed by atoms with Crippen LogP contribution in [0.2, 0.25) is 0 Å². The van der Waals surface area contributed by atoms with Crippen molar-refractivity contribution in [3.63, 3.8) is 0 Å². The van der Waals surface area contributed by atoms with Gasteiger partial charge < -0.3 is 30.2 Å². The van der Waals surface area contributed by atoms with E-state index >= 15 is 4.39 Å². The van der Waals surface area contributed by atoms with Gasteiger partial charge in [-0.25, -0.2) is 18.3 Å². The number of rotatable bonds is 12. The van der Waals surface area contributed by atoms with Crippen LogP contribution in [0.4, 0.5) is 20.5 Å². The third kappa shape index (κ3) is 6.41. The third-order valence-corrected chi connectivity index (χ3v) is 7.77. The largest absolute Gasteiger partial charge is 0.462 e. The highest BCUT2D eigenvalue weighted by Crippen LogP contribution is 2.48. The first kappa shape index (κ1) is 30.5. The van der Waals surface area contributed by atoms with Crippen molar-refractivity contribution in [2.45, 2.75) is 57.0 Å². The molecule has 0 saturated carbocycles. The highest BCUT2D eigenvalue weighted by molar-refractivity contribution is 7.52. The molecule has 17 heteroatoms. The Balaban J connectivity index is 1.59. The number of nitrogens with zero attached hydrogens (tertiary/aromatic N) is 4. The SMILES string of the molecule is CNc1nc(N)nc2c1ncn2[C@@H]1O[C@H](CO[P@](=O)(N[C@@H](C)C(=O)OC(C)C)Oc2ccccc2)[C@@H](O)[C@]1(F)CF. The van der Waals surface area contributed by atoms with Crippen molar-refractivity contribution in [1.29, 1.82) is 0 Å². The number of halogens is 2. The number of esters is 1. The van der Waals surface area contributed by atoms with Gasteiger partial charge in [-0.2, -0.15) is 15.1 Å². The van der Waals surface area contributed by atoms with Gasteiger partial charge >= 0.3 is 13.7 Å². The molecule has 1 fully saturated rings. The molecule has 3 aromatic rings. The minimum atomic E-state index is -4.38. The van der Waals surface area contributed by atoms with E-state index in [0.29, 0.717) is 0 Å². The van der Waals surface area contributed by atoms with Crippen LogP contribution in [0.1, 0.15) is 27.0 Å². The lowest BCUT2D eigenvalue weighted by molar-refractivity contribution is -0.149. The molecule has 6 atom stereocenters. The second-order valence-corrected chi connectivity index (χ2v) is 11.3. The first-order valence-electron chi connectivity index (χ1n) is 12.6. The summed E-state index contributed by atoms with van der Waals surface area (Å²) < 4.78 is 67.0. The van der Waals surface area contributed by atoms with E-state index in [1.165, 1.54) is 19.1 Å². The van der Waals surface area contributed by atoms with Crippen molar-refractivity contribution < 1.29 is 41.8 Å². The fraction of sp³-hybridized carbons (Fsp3) is 0.500. The second kappa shape index (κ2) is 12.2. The van der Waals surface area contributed by atoms with Gasteiger partial charge in [0.1, 0.15) is 30.7 Å². The fourth-order valence-electron chi connectivity index (χ4n) is 4.17. The summed E-state index contributed by atoms with van der Waals surface area (Å²) in [7, 11) is -2.82. The summed E-state index contributed by atoms with van der Waals surface area (Å²) in [6.45, 7) is 2.31. The van der Waals surface area contributed by atoms with Crippen LogP contribution >= 0.6 is 7.75 Å². The fourth-order valence-corrected chi connectivity index (χ4v) is 5.67. The average Bonchev–Trinajstić information content (AvgIpc) is 3.45. The summed E-state index contributed by atoms with van der Waals surface area (Å²) in [6.07, 6.45) is -4.66. The molecular formula is C24H32F2N7O7P. The first-order valence-corrected chi connectivity index (χ1v) is 14.2. The highest BCUT2D eigenvalue weighted by atomic mass is 31.2. The Labute approximate surface area is 234 Å². The summed E-state index contributed by atoms with van der Waals surface area (Å²) >= 11 is 0. The minimum Gasteiger partial charge on any atom is -0.462 e. The van der Waals surface area contributed by atoms with Gasteiger partial charge in [0.2, 0.25) is 11.6 Å².